The normalized spacial score (nSPS) is 13.6. The number of hydrogen-bond acceptors (Lipinski definition) is 7. The van der Waals surface area contributed by atoms with E-state index in [9.17, 15) is 14.5 Å². The van der Waals surface area contributed by atoms with Crippen molar-refractivity contribution in [3.05, 3.63) is 118 Å². The lowest BCUT2D eigenvalue weighted by atomic mass is 9.98. The predicted octanol–water partition coefficient (Wildman–Crippen LogP) is 5.05. The van der Waals surface area contributed by atoms with Gasteiger partial charge in [0.05, 0.1) is 11.0 Å². The molecule has 1 aliphatic heterocycles. The highest BCUT2D eigenvalue weighted by Crippen LogP contribution is 2.36. The Bertz CT molecular complexity index is 1270. The van der Waals surface area contributed by atoms with E-state index in [-0.39, 0.29) is 29.2 Å². The highest BCUT2D eigenvalue weighted by molar-refractivity contribution is 5.71. The molecule has 182 valence electrons. The molecule has 4 aromatic rings. The average molecular weight is 485 g/mol. The summed E-state index contributed by atoms with van der Waals surface area (Å²) in [7, 11) is 0. The molecule has 9 heteroatoms. The Kier molecular flexibility index (Phi) is 6.70. The molecule has 0 unspecified atom stereocenters. The van der Waals surface area contributed by atoms with Gasteiger partial charge in [0.2, 0.25) is 11.6 Å². The Morgan fingerprint density at radius 3 is 1.92 bits per heavy atom. The summed E-state index contributed by atoms with van der Waals surface area (Å²) in [4.78, 5) is 24.5. The summed E-state index contributed by atoms with van der Waals surface area (Å²) in [5, 5.41) is 15.6. The third kappa shape index (κ3) is 4.95. The molecule has 1 N–H and O–H groups in total. The van der Waals surface area contributed by atoms with E-state index < -0.39 is 4.92 Å². The Balaban J connectivity index is 1.42. The minimum atomic E-state index is -0.420. The zero-order chi connectivity index (χ0) is 24.9. The van der Waals surface area contributed by atoms with Crippen LogP contribution in [0.5, 0.6) is 0 Å². The Labute approximate surface area is 208 Å². The summed E-state index contributed by atoms with van der Waals surface area (Å²) in [5.41, 5.74) is 2.70. The predicted molar refractivity (Wildman–Crippen MR) is 138 cm³/mol. The van der Waals surface area contributed by atoms with Crippen molar-refractivity contribution in [1.29, 1.82) is 0 Å². The van der Waals surface area contributed by atoms with Gasteiger partial charge in [0, 0.05) is 31.9 Å². The molecule has 1 saturated heterocycles. The molecule has 0 spiro atoms. The molecule has 36 heavy (non-hydrogen) atoms. The molecule has 3 aromatic carbocycles. The van der Waals surface area contributed by atoms with Crippen LogP contribution in [0.25, 0.3) is 0 Å². The molecule has 0 saturated carbocycles. The van der Waals surface area contributed by atoms with Gasteiger partial charge in [-0.05, 0) is 35.4 Å². The summed E-state index contributed by atoms with van der Waals surface area (Å²) in [5.74, 6) is 0.179. The van der Waals surface area contributed by atoms with E-state index >= 15 is 0 Å². The molecule has 1 fully saturated rings. The molecule has 2 heterocycles. The first kappa shape index (κ1) is 23.2. The lowest BCUT2D eigenvalue weighted by Crippen LogP contribution is -2.47. The van der Waals surface area contributed by atoms with Crippen LogP contribution in [0, 0.1) is 15.9 Å². The minimum absolute atomic E-state index is 0.149. The van der Waals surface area contributed by atoms with Crippen LogP contribution in [0.4, 0.5) is 27.4 Å². The molecule has 0 bridgehead atoms. The monoisotopic (exact) mass is 484 g/mol. The molecular formula is C27H25FN6O2. The van der Waals surface area contributed by atoms with Gasteiger partial charge < -0.3 is 15.1 Å². The summed E-state index contributed by atoms with van der Waals surface area (Å²) in [6.45, 7) is 2.34. The number of benzene rings is 3. The number of hydrogen-bond donors (Lipinski definition) is 1. The van der Waals surface area contributed by atoms with E-state index in [0.29, 0.717) is 26.2 Å². The number of anilines is 3. The Morgan fingerprint density at radius 2 is 1.36 bits per heavy atom. The average Bonchev–Trinajstić information content (AvgIpc) is 2.93. The molecule has 0 amide bonds. The number of piperazine rings is 1. The SMILES string of the molecule is O=[N+]([O-])c1c(NC(c2ccccc2)c2ccccc2)ncnc1N1CCN(c2ccc(F)cc2)CC1. The largest absolute Gasteiger partial charge is 0.368 e. The van der Waals surface area contributed by atoms with Crippen molar-refractivity contribution in [2.24, 2.45) is 0 Å². The van der Waals surface area contributed by atoms with Crippen molar-refractivity contribution >= 4 is 23.0 Å². The minimum Gasteiger partial charge on any atom is -0.368 e. The molecule has 1 aromatic heterocycles. The molecule has 8 nitrogen and oxygen atoms in total. The zero-order valence-corrected chi connectivity index (χ0v) is 19.5. The van der Waals surface area contributed by atoms with Gasteiger partial charge in [-0.15, -0.1) is 0 Å². The maximum Gasteiger partial charge on any atom is 0.353 e. The number of rotatable bonds is 7. The third-order valence-corrected chi connectivity index (χ3v) is 6.30. The van der Waals surface area contributed by atoms with Crippen molar-refractivity contribution in [3.63, 3.8) is 0 Å². The van der Waals surface area contributed by atoms with Crippen LogP contribution in [-0.2, 0) is 0 Å². The van der Waals surface area contributed by atoms with Gasteiger partial charge in [0.25, 0.3) is 0 Å². The second-order valence-electron chi connectivity index (χ2n) is 8.50. The lowest BCUT2D eigenvalue weighted by molar-refractivity contribution is -0.383. The first-order chi connectivity index (χ1) is 17.6. The molecule has 0 atom stereocenters. The fourth-order valence-corrected chi connectivity index (χ4v) is 4.49. The van der Waals surface area contributed by atoms with E-state index in [1.54, 1.807) is 12.1 Å². The third-order valence-electron chi connectivity index (χ3n) is 6.30. The van der Waals surface area contributed by atoms with Crippen LogP contribution in [0.3, 0.4) is 0 Å². The van der Waals surface area contributed by atoms with E-state index in [1.807, 2.05) is 65.6 Å². The van der Waals surface area contributed by atoms with Crippen molar-refractivity contribution in [2.75, 3.05) is 41.3 Å². The van der Waals surface area contributed by atoms with Crippen LogP contribution in [0.15, 0.2) is 91.3 Å². The summed E-state index contributed by atoms with van der Waals surface area (Å²) >= 11 is 0. The fourth-order valence-electron chi connectivity index (χ4n) is 4.49. The standard InChI is InChI=1S/C27H25FN6O2/c28-22-11-13-23(14-12-22)32-15-17-33(18-16-32)27-25(34(35)36)26(29-19-30-27)31-24(20-7-3-1-4-8-20)21-9-5-2-6-10-21/h1-14,19,24H,15-18H2,(H,29,30,31). The van der Waals surface area contributed by atoms with Gasteiger partial charge >= 0.3 is 5.69 Å². The summed E-state index contributed by atoms with van der Waals surface area (Å²) in [6, 6.07) is 25.6. The molecule has 0 radical (unpaired) electrons. The smallest absolute Gasteiger partial charge is 0.353 e. The van der Waals surface area contributed by atoms with E-state index in [0.717, 1.165) is 16.8 Å². The number of nitrogens with zero attached hydrogens (tertiary/aromatic N) is 5. The highest BCUT2D eigenvalue weighted by Gasteiger charge is 2.31. The number of aromatic nitrogens is 2. The van der Waals surface area contributed by atoms with Gasteiger partial charge in [0.15, 0.2) is 0 Å². The van der Waals surface area contributed by atoms with Gasteiger partial charge in [-0.2, -0.15) is 0 Å². The maximum atomic E-state index is 13.3. The topological polar surface area (TPSA) is 87.4 Å². The first-order valence-electron chi connectivity index (χ1n) is 11.7. The fraction of sp³-hybridized carbons (Fsp3) is 0.185. The lowest BCUT2D eigenvalue weighted by Gasteiger charge is -2.36. The Morgan fingerprint density at radius 1 is 0.806 bits per heavy atom. The number of halogens is 1. The first-order valence-corrected chi connectivity index (χ1v) is 11.7. The molecule has 5 rings (SSSR count). The van der Waals surface area contributed by atoms with Crippen molar-refractivity contribution in [3.8, 4) is 0 Å². The van der Waals surface area contributed by atoms with Gasteiger partial charge in [0.1, 0.15) is 12.1 Å². The van der Waals surface area contributed by atoms with Crippen LogP contribution >= 0.6 is 0 Å². The van der Waals surface area contributed by atoms with Gasteiger partial charge in [-0.3, -0.25) is 10.1 Å². The number of nitrogens with one attached hydrogen (secondary N) is 1. The molecule has 1 aliphatic rings. The summed E-state index contributed by atoms with van der Waals surface area (Å²) in [6.07, 6.45) is 1.37. The highest BCUT2D eigenvalue weighted by atomic mass is 19.1. The van der Waals surface area contributed by atoms with Crippen LogP contribution in [0.1, 0.15) is 17.2 Å². The quantitative estimate of drug-likeness (QED) is 0.290. The van der Waals surface area contributed by atoms with Crippen molar-refractivity contribution in [1.82, 2.24) is 9.97 Å². The second kappa shape index (κ2) is 10.4. The van der Waals surface area contributed by atoms with E-state index in [2.05, 4.69) is 20.2 Å². The zero-order valence-electron chi connectivity index (χ0n) is 19.5. The van der Waals surface area contributed by atoms with Crippen LogP contribution < -0.4 is 15.1 Å². The van der Waals surface area contributed by atoms with Gasteiger partial charge in [-0.25, -0.2) is 14.4 Å². The summed E-state index contributed by atoms with van der Waals surface area (Å²) < 4.78 is 13.3. The van der Waals surface area contributed by atoms with Gasteiger partial charge in [-0.1, -0.05) is 60.7 Å². The second-order valence-corrected chi connectivity index (χ2v) is 8.50. The van der Waals surface area contributed by atoms with Crippen LogP contribution in [-0.4, -0.2) is 41.1 Å². The molecule has 0 aliphatic carbocycles. The Hall–Kier alpha value is -4.53. The van der Waals surface area contributed by atoms with E-state index in [4.69, 9.17) is 0 Å². The number of nitro groups is 1. The van der Waals surface area contributed by atoms with Crippen molar-refractivity contribution in [2.45, 2.75) is 6.04 Å². The maximum absolute atomic E-state index is 13.3. The van der Waals surface area contributed by atoms with E-state index in [1.165, 1.54) is 18.5 Å². The molecular weight excluding hydrogens is 459 g/mol. The van der Waals surface area contributed by atoms with Crippen LogP contribution in [0.2, 0.25) is 0 Å². The van der Waals surface area contributed by atoms with Crippen molar-refractivity contribution < 1.29 is 9.31 Å².